The van der Waals surface area contributed by atoms with Crippen molar-refractivity contribution in [1.29, 1.82) is 0 Å². The van der Waals surface area contributed by atoms with Crippen LogP contribution < -0.4 is 5.73 Å². The van der Waals surface area contributed by atoms with Gasteiger partial charge in [0.2, 0.25) is 0 Å². The highest BCUT2D eigenvalue weighted by Crippen LogP contribution is 2.25. The van der Waals surface area contributed by atoms with Crippen LogP contribution in [0.15, 0.2) is 29.6 Å². The number of anilines is 1. The molecule has 66 valence electrons. The fourth-order valence-corrected chi connectivity index (χ4v) is 1.77. The van der Waals surface area contributed by atoms with Crippen molar-refractivity contribution in [1.82, 2.24) is 4.37 Å². The molecule has 0 aliphatic heterocycles. The van der Waals surface area contributed by atoms with Gasteiger partial charge in [-0.25, -0.2) is 0 Å². The molecule has 0 bridgehead atoms. The van der Waals surface area contributed by atoms with Crippen LogP contribution in [0.25, 0.3) is 11.3 Å². The molecule has 0 fully saturated rings. The number of benzene rings is 1. The first kappa shape index (κ1) is 8.26. The van der Waals surface area contributed by atoms with Crippen LogP contribution in [0, 0.1) is 6.92 Å². The fraction of sp³-hybridized carbons (Fsp3) is 0.100. The summed E-state index contributed by atoms with van der Waals surface area (Å²) in [7, 11) is 0. The van der Waals surface area contributed by atoms with E-state index in [1.165, 1.54) is 17.1 Å². The minimum absolute atomic E-state index is 0.758. The number of aromatic nitrogens is 1. The van der Waals surface area contributed by atoms with Crippen molar-refractivity contribution in [2.24, 2.45) is 0 Å². The van der Waals surface area contributed by atoms with E-state index in [-0.39, 0.29) is 0 Å². The smallest absolute Gasteiger partial charge is 0.107 e. The summed E-state index contributed by atoms with van der Waals surface area (Å²) in [5.41, 5.74) is 9.75. The van der Waals surface area contributed by atoms with Gasteiger partial charge in [-0.2, -0.15) is 4.37 Å². The molecule has 3 heteroatoms. The summed E-state index contributed by atoms with van der Waals surface area (Å²) in [4.78, 5) is 0. The van der Waals surface area contributed by atoms with E-state index in [2.05, 4.69) is 23.4 Å². The van der Waals surface area contributed by atoms with E-state index >= 15 is 0 Å². The van der Waals surface area contributed by atoms with Crippen LogP contribution in [0.5, 0.6) is 0 Å². The summed E-state index contributed by atoms with van der Waals surface area (Å²) in [5, 5.41) is 1.86. The molecule has 0 aliphatic carbocycles. The fourth-order valence-electron chi connectivity index (χ4n) is 1.18. The van der Waals surface area contributed by atoms with Gasteiger partial charge in [-0.1, -0.05) is 29.8 Å². The van der Waals surface area contributed by atoms with Crippen molar-refractivity contribution in [3.63, 3.8) is 0 Å². The lowest BCUT2D eigenvalue weighted by molar-refractivity contribution is 1.45. The topological polar surface area (TPSA) is 38.9 Å². The second kappa shape index (κ2) is 3.18. The maximum Gasteiger partial charge on any atom is 0.107 e. The quantitative estimate of drug-likeness (QED) is 0.751. The highest BCUT2D eigenvalue weighted by atomic mass is 32.1. The zero-order chi connectivity index (χ0) is 9.26. The summed E-state index contributed by atoms with van der Waals surface area (Å²) < 4.78 is 4.23. The first-order valence-electron chi connectivity index (χ1n) is 4.04. The lowest BCUT2D eigenvalue weighted by atomic mass is 10.1. The molecule has 2 aromatic rings. The van der Waals surface area contributed by atoms with E-state index in [9.17, 15) is 0 Å². The van der Waals surface area contributed by atoms with E-state index in [1.54, 1.807) is 0 Å². The van der Waals surface area contributed by atoms with Crippen LogP contribution in [0.4, 0.5) is 5.69 Å². The van der Waals surface area contributed by atoms with Crippen LogP contribution in [-0.2, 0) is 0 Å². The molecule has 2 nitrogen and oxygen atoms in total. The van der Waals surface area contributed by atoms with Gasteiger partial charge in [-0.3, -0.25) is 0 Å². The van der Waals surface area contributed by atoms with Gasteiger partial charge in [0.15, 0.2) is 0 Å². The molecule has 1 aromatic carbocycles. The molecule has 13 heavy (non-hydrogen) atoms. The van der Waals surface area contributed by atoms with Crippen LogP contribution in [0.2, 0.25) is 0 Å². The number of hydrogen-bond donors (Lipinski definition) is 1. The number of nitrogens with zero attached hydrogens (tertiary/aromatic N) is 1. The number of nitrogens with two attached hydrogens (primary N) is 1. The van der Waals surface area contributed by atoms with E-state index in [0.29, 0.717) is 0 Å². The molecular formula is C10H10N2S. The molecule has 0 spiro atoms. The lowest BCUT2D eigenvalue weighted by Crippen LogP contribution is -1.86. The Morgan fingerprint density at radius 3 is 2.46 bits per heavy atom. The van der Waals surface area contributed by atoms with Crippen molar-refractivity contribution in [3.8, 4) is 11.3 Å². The lowest BCUT2D eigenvalue weighted by Gasteiger charge is -1.98. The molecule has 0 aliphatic rings. The average molecular weight is 190 g/mol. The minimum Gasteiger partial charge on any atom is -0.396 e. The molecule has 0 atom stereocenters. The molecule has 0 amide bonds. The highest BCUT2D eigenvalue weighted by Gasteiger charge is 2.03. The largest absolute Gasteiger partial charge is 0.396 e. The van der Waals surface area contributed by atoms with Gasteiger partial charge in [0.05, 0.1) is 5.69 Å². The Kier molecular flexibility index (Phi) is 2.02. The second-order valence-electron chi connectivity index (χ2n) is 2.98. The Bertz CT molecular complexity index is 403. The van der Waals surface area contributed by atoms with Crippen LogP contribution in [0.3, 0.4) is 0 Å². The summed E-state index contributed by atoms with van der Waals surface area (Å²) in [5.74, 6) is 0. The molecular weight excluding hydrogens is 180 g/mol. The van der Waals surface area contributed by atoms with E-state index in [4.69, 9.17) is 5.73 Å². The predicted octanol–water partition coefficient (Wildman–Crippen LogP) is 2.70. The minimum atomic E-state index is 0.758. The predicted molar refractivity (Wildman–Crippen MR) is 56.7 cm³/mol. The normalized spacial score (nSPS) is 10.2. The third-order valence-corrected chi connectivity index (χ3v) is 2.57. The Morgan fingerprint density at radius 1 is 1.23 bits per heavy atom. The van der Waals surface area contributed by atoms with Crippen molar-refractivity contribution in [2.75, 3.05) is 5.73 Å². The van der Waals surface area contributed by atoms with Gasteiger partial charge in [-0.15, -0.1) is 0 Å². The van der Waals surface area contributed by atoms with Crippen molar-refractivity contribution in [3.05, 3.63) is 35.2 Å². The molecule has 0 radical (unpaired) electrons. The maximum absolute atomic E-state index is 5.76. The van der Waals surface area contributed by atoms with Crippen molar-refractivity contribution < 1.29 is 0 Å². The summed E-state index contributed by atoms with van der Waals surface area (Å²) >= 11 is 1.39. The van der Waals surface area contributed by atoms with Crippen LogP contribution in [0.1, 0.15) is 5.56 Å². The third-order valence-electron chi connectivity index (χ3n) is 1.92. The molecule has 2 N–H and O–H groups in total. The number of rotatable bonds is 1. The molecule has 1 aromatic heterocycles. The summed E-state index contributed by atoms with van der Waals surface area (Å²) in [6.45, 7) is 2.06. The zero-order valence-corrected chi connectivity index (χ0v) is 8.14. The Labute approximate surface area is 81.2 Å². The molecule has 0 saturated heterocycles. The van der Waals surface area contributed by atoms with Gasteiger partial charge < -0.3 is 5.73 Å². The summed E-state index contributed by atoms with van der Waals surface area (Å²) in [6.07, 6.45) is 0. The Morgan fingerprint density at radius 2 is 1.92 bits per heavy atom. The van der Waals surface area contributed by atoms with Crippen molar-refractivity contribution in [2.45, 2.75) is 6.92 Å². The first-order chi connectivity index (χ1) is 6.27. The first-order valence-corrected chi connectivity index (χ1v) is 4.88. The highest BCUT2D eigenvalue weighted by molar-refractivity contribution is 7.04. The maximum atomic E-state index is 5.76. The molecule has 0 unspecified atom stereocenters. The Hall–Kier alpha value is -1.35. The van der Waals surface area contributed by atoms with E-state index in [1.807, 2.05) is 17.5 Å². The van der Waals surface area contributed by atoms with Gasteiger partial charge in [0.1, 0.15) is 5.69 Å². The average Bonchev–Trinajstić information content (AvgIpc) is 2.53. The monoisotopic (exact) mass is 190 g/mol. The number of aryl methyl sites for hydroxylation is 1. The standard InChI is InChI=1S/C10H10N2S/c1-7-2-4-8(5-3-7)10-9(11)6-13-12-10/h2-6H,11H2,1H3. The van der Waals surface area contributed by atoms with E-state index < -0.39 is 0 Å². The third kappa shape index (κ3) is 1.55. The van der Waals surface area contributed by atoms with Crippen LogP contribution in [-0.4, -0.2) is 4.37 Å². The van der Waals surface area contributed by atoms with Crippen LogP contribution >= 0.6 is 11.5 Å². The molecule has 1 heterocycles. The number of nitrogen functional groups attached to an aromatic ring is 1. The van der Waals surface area contributed by atoms with Gasteiger partial charge in [0, 0.05) is 10.9 Å². The molecule has 2 rings (SSSR count). The van der Waals surface area contributed by atoms with E-state index in [0.717, 1.165) is 16.9 Å². The van der Waals surface area contributed by atoms with Gasteiger partial charge >= 0.3 is 0 Å². The Balaban J connectivity index is 2.47. The van der Waals surface area contributed by atoms with Gasteiger partial charge in [-0.05, 0) is 18.5 Å². The zero-order valence-electron chi connectivity index (χ0n) is 7.32. The van der Waals surface area contributed by atoms with Gasteiger partial charge in [0.25, 0.3) is 0 Å². The van der Waals surface area contributed by atoms with Crippen molar-refractivity contribution >= 4 is 17.2 Å². The molecule has 0 saturated carbocycles. The SMILES string of the molecule is Cc1ccc(-c2nscc2N)cc1. The number of hydrogen-bond acceptors (Lipinski definition) is 3. The summed E-state index contributed by atoms with van der Waals surface area (Å²) in [6, 6.07) is 8.21. The second-order valence-corrected chi connectivity index (χ2v) is 3.61.